The van der Waals surface area contributed by atoms with Crippen LogP contribution in [0.5, 0.6) is 0 Å². The van der Waals surface area contributed by atoms with Gasteiger partial charge in [-0.25, -0.2) is 14.5 Å². The minimum atomic E-state index is -0.640. The Labute approximate surface area is 151 Å². The summed E-state index contributed by atoms with van der Waals surface area (Å²) in [5, 5.41) is 2.57. The van der Waals surface area contributed by atoms with E-state index in [1.807, 2.05) is 0 Å². The molecule has 0 spiro atoms. The van der Waals surface area contributed by atoms with Gasteiger partial charge in [0.25, 0.3) is 0 Å². The zero-order valence-corrected chi connectivity index (χ0v) is 16.8. The molecule has 0 aliphatic carbocycles. The lowest BCUT2D eigenvalue weighted by Crippen LogP contribution is -2.56. The molecule has 132 valence electrons. The van der Waals surface area contributed by atoms with Crippen molar-refractivity contribution in [1.29, 1.82) is 0 Å². The van der Waals surface area contributed by atoms with Gasteiger partial charge < -0.3 is 9.47 Å². The summed E-state index contributed by atoms with van der Waals surface area (Å²) < 4.78 is 11.4. The predicted octanol–water partition coefficient (Wildman–Crippen LogP) is 3.31. The van der Waals surface area contributed by atoms with Crippen LogP contribution in [0, 0.1) is 0 Å². The van der Waals surface area contributed by atoms with E-state index in [-0.39, 0.29) is 12.0 Å². The third-order valence-corrected chi connectivity index (χ3v) is 3.72. The average Bonchev–Trinajstić information content (AvgIpc) is 2.33. The van der Waals surface area contributed by atoms with E-state index in [0.717, 1.165) is 6.42 Å². The minimum absolute atomic E-state index is 0.0760. The summed E-state index contributed by atoms with van der Waals surface area (Å²) in [4.78, 5) is 30.1. The second-order valence-corrected chi connectivity index (χ2v) is 8.16. The standard InChI is InChI=1S/C15H26IN3O4/c1-14(2,3)22-12(20)18-11-17-8-7-10(9-16)19(11)13(21)23-15(4,5)6/h10H,7-9H2,1-6H3,(H,17,18,20). The van der Waals surface area contributed by atoms with Crippen molar-refractivity contribution in [3.8, 4) is 0 Å². The summed E-state index contributed by atoms with van der Waals surface area (Å²) in [5.41, 5.74) is -1.25. The fourth-order valence-electron chi connectivity index (χ4n) is 1.89. The highest BCUT2D eigenvalue weighted by atomic mass is 127. The van der Waals surface area contributed by atoms with E-state index < -0.39 is 23.4 Å². The Balaban J connectivity index is 2.91. The summed E-state index contributed by atoms with van der Waals surface area (Å²) in [5.74, 6) is 0.182. The second-order valence-electron chi connectivity index (χ2n) is 7.28. The number of guanidine groups is 1. The van der Waals surface area contributed by atoms with Gasteiger partial charge in [0.05, 0.1) is 6.04 Å². The van der Waals surface area contributed by atoms with Gasteiger partial charge in [-0.3, -0.25) is 10.3 Å². The minimum Gasteiger partial charge on any atom is -0.444 e. The number of ether oxygens (including phenoxy) is 2. The molecule has 0 saturated heterocycles. The molecule has 8 heteroatoms. The van der Waals surface area contributed by atoms with Crippen molar-refractivity contribution in [3.05, 3.63) is 0 Å². The van der Waals surface area contributed by atoms with Gasteiger partial charge >= 0.3 is 12.2 Å². The van der Waals surface area contributed by atoms with Crippen LogP contribution in [-0.4, -0.2) is 51.3 Å². The SMILES string of the molecule is CC(C)(C)OC(=O)NC1=NCCC(CI)N1C(=O)OC(C)(C)C. The molecule has 23 heavy (non-hydrogen) atoms. The summed E-state index contributed by atoms with van der Waals surface area (Å²) >= 11 is 2.21. The van der Waals surface area contributed by atoms with Crippen molar-refractivity contribution in [2.45, 2.75) is 65.2 Å². The van der Waals surface area contributed by atoms with Crippen LogP contribution in [0.15, 0.2) is 4.99 Å². The van der Waals surface area contributed by atoms with Crippen molar-refractivity contribution < 1.29 is 19.1 Å². The van der Waals surface area contributed by atoms with Crippen LogP contribution in [0.25, 0.3) is 0 Å². The number of hydrogen-bond acceptors (Lipinski definition) is 5. The number of nitrogens with one attached hydrogen (secondary N) is 1. The Morgan fingerprint density at radius 2 is 1.78 bits per heavy atom. The number of alkyl carbamates (subject to hydrolysis) is 1. The van der Waals surface area contributed by atoms with Gasteiger partial charge in [-0.05, 0) is 48.0 Å². The number of carbonyl (C=O) groups is 2. The van der Waals surface area contributed by atoms with Gasteiger partial charge in [-0.1, -0.05) is 22.6 Å². The maximum absolute atomic E-state index is 12.5. The molecule has 1 atom stereocenters. The number of halogens is 1. The molecule has 0 aromatic carbocycles. The zero-order valence-electron chi connectivity index (χ0n) is 14.6. The Hall–Kier alpha value is -1.06. The Kier molecular flexibility index (Phi) is 6.67. The fraction of sp³-hybridized carbons (Fsp3) is 0.800. The molecule has 1 aliphatic rings. The van der Waals surface area contributed by atoms with Crippen LogP contribution in [0.4, 0.5) is 9.59 Å². The number of rotatable bonds is 1. The zero-order chi connectivity index (χ0) is 17.8. The van der Waals surface area contributed by atoms with E-state index in [4.69, 9.17) is 9.47 Å². The maximum atomic E-state index is 12.5. The largest absolute Gasteiger partial charge is 0.444 e. The number of carbonyl (C=O) groups excluding carboxylic acids is 2. The summed E-state index contributed by atoms with van der Waals surface area (Å²) in [6, 6.07) is -0.0760. The molecule has 0 aromatic rings. The second kappa shape index (κ2) is 7.67. The Morgan fingerprint density at radius 1 is 1.22 bits per heavy atom. The first-order valence-corrected chi connectivity index (χ1v) is 9.08. The van der Waals surface area contributed by atoms with Crippen LogP contribution in [0.1, 0.15) is 48.0 Å². The third kappa shape index (κ3) is 6.92. The molecular weight excluding hydrogens is 413 g/mol. The number of aliphatic imine (C=N–C) groups is 1. The van der Waals surface area contributed by atoms with Crippen LogP contribution in [-0.2, 0) is 9.47 Å². The molecule has 0 bridgehead atoms. The normalized spacial score (nSPS) is 19.0. The molecule has 0 aromatic heterocycles. The van der Waals surface area contributed by atoms with Crippen LogP contribution < -0.4 is 5.32 Å². The number of alkyl halides is 1. The molecule has 0 fully saturated rings. The van der Waals surface area contributed by atoms with Crippen molar-refractivity contribution in [2.75, 3.05) is 11.0 Å². The van der Waals surface area contributed by atoms with Crippen molar-refractivity contribution in [3.63, 3.8) is 0 Å². The smallest absolute Gasteiger partial charge is 0.417 e. The molecular formula is C15H26IN3O4. The van der Waals surface area contributed by atoms with Gasteiger partial charge in [-0.15, -0.1) is 0 Å². The number of hydrogen-bond donors (Lipinski definition) is 1. The monoisotopic (exact) mass is 439 g/mol. The topological polar surface area (TPSA) is 80.2 Å². The molecule has 1 aliphatic heterocycles. The summed E-state index contributed by atoms with van der Waals surface area (Å²) in [6.07, 6.45) is -0.436. The van der Waals surface area contributed by atoms with Crippen LogP contribution in [0.3, 0.4) is 0 Å². The van der Waals surface area contributed by atoms with Crippen molar-refractivity contribution in [1.82, 2.24) is 10.2 Å². The molecule has 7 nitrogen and oxygen atoms in total. The molecule has 1 N–H and O–H groups in total. The average molecular weight is 439 g/mol. The lowest BCUT2D eigenvalue weighted by atomic mass is 10.2. The fourth-order valence-corrected chi connectivity index (χ4v) is 2.72. The molecule has 1 rings (SSSR count). The highest BCUT2D eigenvalue weighted by Gasteiger charge is 2.35. The van der Waals surface area contributed by atoms with E-state index in [9.17, 15) is 9.59 Å². The van der Waals surface area contributed by atoms with Gasteiger partial charge in [0.2, 0.25) is 5.96 Å². The summed E-state index contributed by atoms with van der Waals surface area (Å²) in [7, 11) is 0. The lowest BCUT2D eigenvalue weighted by Gasteiger charge is -2.35. The number of nitrogens with zero attached hydrogens (tertiary/aromatic N) is 2. The van der Waals surface area contributed by atoms with Crippen molar-refractivity contribution >= 4 is 40.7 Å². The van der Waals surface area contributed by atoms with Gasteiger partial charge in [0.1, 0.15) is 11.2 Å². The third-order valence-electron chi connectivity index (χ3n) is 2.70. The van der Waals surface area contributed by atoms with Crippen LogP contribution >= 0.6 is 22.6 Å². The predicted molar refractivity (Wildman–Crippen MR) is 97.0 cm³/mol. The van der Waals surface area contributed by atoms with E-state index in [1.165, 1.54) is 4.90 Å². The highest BCUT2D eigenvalue weighted by molar-refractivity contribution is 14.1. The summed E-state index contributed by atoms with van der Waals surface area (Å²) in [6.45, 7) is 11.2. The maximum Gasteiger partial charge on any atom is 0.417 e. The molecule has 2 amide bonds. The van der Waals surface area contributed by atoms with E-state index >= 15 is 0 Å². The van der Waals surface area contributed by atoms with Gasteiger partial charge in [0.15, 0.2) is 0 Å². The van der Waals surface area contributed by atoms with Crippen molar-refractivity contribution in [2.24, 2.45) is 4.99 Å². The quantitative estimate of drug-likeness (QED) is 0.502. The first kappa shape index (κ1) is 20.0. The Bertz CT molecular complexity index is 480. The highest BCUT2D eigenvalue weighted by Crippen LogP contribution is 2.19. The molecule has 1 unspecified atom stereocenters. The number of amides is 2. The van der Waals surface area contributed by atoms with E-state index in [0.29, 0.717) is 11.0 Å². The first-order chi connectivity index (χ1) is 10.4. The Morgan fingerprint density at radius 3 is 2.26 bits per heavy atom. The first-order valence-electron chi connectivity index (χ1n) is 7.55. The van der Waals surface area contributed by atoms with Gasteiger partial charge in [-0.2, -0.15) is 0 Å². The van der Waals surface area contributed by atoms with Crippen LogP contribution in [0.2, 0.25) is 0 Å². The molecule has 0 radical (unpaired) electrons. The van der Waals surface area contributed by atoms with E-state index in [2.05, 4.69) is 32.9 Å². The van der Waals surface area contributed by atoms with E-state index in [1.54, 1.807) is 41.5 Å². The molecule has 0 saturated carbocycles. The van der Waals surface area contributed by atoms with Gasteiger partial charge in [0, 0.05) is 11.0 Å². The molecule has 1 heterocycles. The lowest BCUT2D eigenvalue weighted by molar-refractivity contribution is 0.0301.